The number of fused-ring (bicyclic) bond motifs is 1. The first-order valence-corrected chi connectivity index (χ1v) is 8.37. The van der Waals surface area contributed by atoms with Crippen LogP contribution >= 0.6 is 0 Å². The first-order valence-electron chi connectivity index (χ1n) is 8.37. The van der Waals surface area contributed by atoms with E-state index in [1.54, 1.807) is 19.2 Å². The molecule has 0 aliphatic heterocycles. The van der Waals surface area contributed by atoms with Gasteiger partial charge in [-0.05, 0) is 47.5 Å². The van der Waals surface area contributed by atoms with Gasteiger partial charge in [-0.2, -0.15) is 0 Å². The van der Waals surface area contributed by atoms with E-state index in [-0.39, 0.29) is 10.9 Å². The van der Waals surface area contributed by atoms with Gasteiger partial charge in [0.15, 0.2) is 0 Å². The predicted molar refractivity (Wildman–Crippen MR) is 103 cm³/mol. The number of benzene rings is 3. The van der Waals surface area contributed by atoms with Gasteiger partial charge < -0.3 is 15.2 Å². The van der Waals surface area contributed by atoms with Gasteiger partial charge in [-0.3, -0.25) is 5.21 Å². The van der Waals surface area contributed by atoms with Gasteiger partial charge in [-0.25, -0.2) is 4.68 Å². The molecule has 7 nitrogen and oxygen atoms in total. The maximum absolute atomic E-state index is 11.2. The van der Waals surface area contributed by atoms with Crippen molar-refractivity contribution in [1.82, 2.24) is 15.0 Å². The lowest BCUT2D eigenvalue weighted by atomic mass is 10.0. The molecule has 0 saturated carbocycles. The molecule has 4 rings (SSSR count). The number of hydrogen-bond acceptors (Lipinski definition) is 6. The largest absolute Gasteiger partial charge is 0.733 e. The van der Waals surface area contributed by atoms with E-state index in [1.165, 1.54) is 6.07 Å². The second-order valence-corrected chi connectivity index (χ2v) is 6.09. The van der Waals surface area contributed by atoms with Crippen molar-refractivity contribution >= 4 is 16.7 Å². The van der Waals surface area contributed by atoms with Gasteiger partial charge in [0, 0.05) is 5.56 Å². The summed E-state index contributed by atoms with van der Waals surface area (Å²) < 4.78 is 7.31. The summed E-state index contributed by atoms with van der Waals surface area (Å²) in [6, 6.07) is 20.3. The fourth-order valence-corrected chi connectivity index (χ4v) is 3.08. The number of aromatic nitrogens is 3. The maximum Gasteiger partial charge on any atom is 0.126 e. The highest BCUT2D eigenvalue weighted by atomic mass is 16.8. The molecule has 0 aliphatic carbocycles. The molecule has 0 atom stereocenters. The average Bonchev–Trinajstić information content (AvgIpc) is 3.11. The molecule has 27 heavy (non-hydrogen) atoms. The Labute approximate surface area is 155 Å². The van der Waals surface area contributed by atoms with E-state index >= 15 is 0 Å². The SMILES string of the molecule is COc1ccc(Cn2nnc3ccccc32)cc1-c1cccc(N([O-])O)c1. The normalized spacial score (nSPS) is 10.9. The molecule has 3 aromatic carbocycles. The predicted octanol–water partition coefficient (Wildman–Crippen LogP) is 3.85. The van der Waals surface area contributed by atoms with Crippen LogP contribution in [0.4, 0.5) is 5.69 Å². The summed E-state index contributed by atoms with van der Waals surface area (Å²) >= 11 is 0. The zero-order chi connectivity index (χ0) is 18.8. The number of para-hydroxylation sites is 1. The zero-order valence-electron chi connectivity index (χ0n) is 14.6. The standard InChI is InChI=1S/C20H17N4O3/c1-27-20-10-9-14(13-23-19-8-3-2-7-18(19)21-22-23)11-17(20)15-5-4-6-16(12-15)24(25)26/h2-12,25H,13H2,1H3/q-1. The van der Waals surface area contributed by atoms with Crippen LogP contribution in [0.2, 0.25) is 0 Å². The molecular weight excluding hydrogens is 344 g/mol. The third kappa shape index (κ3) is 3.33. The second-order valence-electron chi connectivity index (χ2n) is 6.09. The van der Waals surface area contributed by atoms with Crippen LogP contribution < -0.4 is 9.96 Å². The summed E-state index contributed by atoms with van der Waals surface area (Å²) in [5, 5.41) is 28.6. The van der Waals surface area contributed by atoms with E-state index < -0.39 is 0 Å². The van der Waals surface area contributed by atoms with Gasteiger partial charge in [0.25, 0.3) is 0 Å². The third-order valence-electron chi connectivity index (χ3n) is 4.39. The van der Waals surface area contributed by atoms with Crippen molar-refractivity contribution in [1.29, 1.82) is 0 Å². The molecule has 0 spiro atoms. The quantitative estimate of drug-likeness (QED) is 0.543. The molecule has 0 fully saturated rings. The summed E-state index contributed by atoms with van der Waals surface area (Å²) in [5.41, 5.74) is 4.56. The minimum absolute atomic E-state index is 0.151. The zero-order valence-corrected chi connectivity index (χ0v) is 14.6. The van der Waals surface area contributed by atoms with Crippen LogP contribution in [0, 0.1) is 5.21 Å². The van der Waals surface area contributed by atoms with Gasteiger partial charge >= 0.3 is 0 Å². The van der Waals surface area contributed by atoms with Crippen molar-refractivity contribution in [3.05, 3.63) is 77.5 Å². The van der Waals surface area contributed by atoms with E-state index in [0.717, 1.165) is 27.7 Å². The molecule has 1 aromatic heterocycles. The lowest BCUT2D eigenvalue weighted by molar-refractivity contribution is 0.296. The number of hydrogen-bond donors (Lipinski definition) is 1. The van der Waals surface area contributed by atoms with Gasteiger partial charge in [-0.15, -0.1) is 5.10 Å². The van der Waals surface area contributed by atoms with Crippen LogP contribution in [-0.4, -0.2) is 27.3 Å². The first-order chi connectivity index (χ1) is 13.2. The second kappa shape index (κ2) is 7.06. The Kier molecular flexibility index (Phi) is 4.45. The fourth-order valence-electron chi connectivity index (χ4n) is 3.08. The fraction of sp³-hybridized carbons (Fsp3) is 0.100. The molecule has 0 unspecified atom stereocenters. The molecule has 0 bridgehead atoms. The highest BCUT2D eigenvalue weighted by Crippen LogP contribution is 2.33. The lowest BCUT2D eigenvalue weighted by Crippen LogP contribution is -2.06. The lowest BCUT2D eigenvalue weighted by Gasteiger charge is -2.22. The molecule has 0 saturated heterocycles. The van der Waals surface area contributed by atoms with E-state index in [9.17, 15) is 10.4 Å². The van der Waals surface area contributed by atoms with E-state index in [0.29, 0.717) is 12.3 Å². The van der Waals surface area contributed by atoms with Crippen LogP contribution in [0.25, 0.3) is 22.2 Å². The number of anilines is 1. The van der Waals surface area contributed by atoms with Gasteiger partial charge in [-0.1, -0.05) is 35.5 Å². The Morgan fingerprint density at radius 1 is 1.07 bits per heavy atom. The molecule has 136 valence electrons. The van der Waals surface area contributed by atoms with Crippen LogP contribution in [0.5, 0.6) is 5.75 Å². The number of nitrogens with zero attached hydrogens (tertiary/aromatic N) is 4. The molecule has 1 heterocycles. The van der Waals surface area contributed by atoms with E-state index in [4.69, 9.17) is 4.74 Å². The minimum Gasteiger partial charge on any atom is -0.733 e. The van der Waals surface area contributed by atoms with Crippen molar-refractivity contribution in [3.8, 4) is 16.9 Å². The molecule has 0 aliphatic rings. The number of ether oxygens (including phenoxy) is 1. The van der Waals surface area contributed by atoms with Crippen molar-refractivity contribution in [2.24, 2.45) is 0 Å². The summed E-state index contributed by atoms with van der Waals surface area (Å²) in [5.74, 6) is 0.676. The summed E-state index contributed by atoms with van der Waals surface area (Å²) in [7, 11) is 1.60. The van der Waals surface area contributed by atoms with Crippen molar-refractivity contribution < 1.29 is 9.94 Å². The Balaban J connectivity index is 1.74. The number of methoxy groups -OCH3 is 1. The first kappa shape index (κ1) is 17.0. The third-order valence-corrected chi connectivity index (χ3v) is 4.39. The Morgan fingerprint density at radius 3 is 2.74 bits per heavy atom. The van der Waals surface area contributed by atoms with Crippen LogP contribution in [-0.2, 0) is 6.54 Å². The van der Waals surface area contributed by atoms with Gasteiger partial charge in [0.1, 0.15) is 11.3 Å². The van der Waals surface area contributed by atoms with Crippen LogP contribution in [0.3, 0.4) is 0 Å². The smallest absolute Gasteiger partial charge is 0.126 e. The van der Waals surface area contributed by atoms with E-state index in [1.807, 2.05) is 53.2 Å². The Bertz CT molecular complexity index is 1090. The molecule has 7 heteroatoms. The topological polar surface area (TPSA) is 86.5 Å². The van der Waals surface area contributed by atoms with Crippen molar-refractivity contribution in [3.63, 3.8) is 0 Å². The average molecular weight is 361 g/mol. The Hall–Kier alpha value is -3.42. The van der Waals surface area contributed by atoms with Crippen LogP contribution in [0.15, 0.2) is 66.7 Å². The highest BCUT2D eigenvalue weighted by Gasteiger charge is 2.10. The molecule has 4 aromatic rings. The highest BCUT2D eigenvalue weighted by molar-refractivity contribution is 5.75. The molecule has 0 radical (unpaired) electrons. The van der Waals surface area contributed by atoms with Crippen molar-refractivity contribution in [2.45, 2.75) is 6.54 Å². The summed E-state index contributed by atoms with van der Waals surface area (Å²) in [6.45, 7) is 0.547. The molecule has 0 amide bonds. The van der Waals surface area contributed by atoms with Crippen molar-refractivity contribution in [2.75, 3.05) is 12.3 Å². The van der Waals surface area contributed by atoms with Crippen LogP contribution in [0.1, 0.15) is 5.56 Å². The number of rotatable bonds is 5. The summed E-state index contributed by atoms with van der Waals surface area (Å²) in [4.78, 5) is 0. The molecular formula is C20H17N4O3-. The van der Waals surface area contributed by atoms with E-state index in [2.05, 4.69) is 10.3 Å². The minimum atomic E-state index is -0.151. The Morgan fingerprint density at radius 2 is 1.93 bits per heavy atom. The maximum atomic E-state index is 11.2. The van der Waals surface area contributed by atoms with Gasteiger partial charge in [0.05, 0.1) is 24.9 Å². The molecule has 1 N–H and O–H groups in total. The monoisotopic (exact) mass is 361 g/mol. The van der Waals surface area contributed by atoms with Gasteiger partial charge in [0.2, 0.25) is 0 Å². The summed E-state index contributed by atoms with van der Waals surface area (Å²) in [6.07, 6.45) is 0.